The Balaban J connectivity index is 2.08. The maximum absolute atomic E-state index is 12.9. The summed E-state index contributed by atoms with van der Waals surface area (Å²) in [6.45, 7) is 1.83. The quantitative estimate of drug-likeness (QED) is 0.813. The van der Waals surface area contributed by atoms with Gasteiger partial charge in [0.05, 0.1) is 12.3 Å². The molecule has 1 aliphatic heterocycles. The molecule has 2 aromatic rings. The number of carbonyl (C=O) groups is 2. The van der Waals surface area contributed by atoms with Crippen molar-refractivity contribution in [3.8, 4) is 0 Å². The van der Waals surface area contributed by atoms with Crippen LogP contribution in [0.5, 0.6) is 0 Å². The summed E-state index contributed by atoms with van der Waals surface area (Å²) in [4.78, 5) is 26.8. The molecular weight excluding hydrogens is 320 g/mol. The van der Waals surface area contributed by atoms with Gasteiger partial charge in [-0.2, -0.15) is 0 Å². The van der Waals surface area contributed by atoms with E-state index in [1.807, 2.05) is 6.07 Å². The summed E-state index contributed by atoms with van der Waals surface area (Å²) in [7, 11) is 1.57. The van der Waals surface area contributed by atoms with Crippen molar-refractivity contribution in [2.24, 2.45) is 0 Å². The maximum atomic E-state index is 12.9. The molecule has 1 aliphatic rings. The summed E-state index contributed by atoms with van der Waals surface area (Å²) >= 11 is 0. The van der Waals surface area contributed by atoms with Crippen LogP contribution >= 0.6 is 0 Å². The Bertz CT molecular complexity index is 793. The Kier molecular flexibility index (Phi) is 4.46. The number of amides is 1. The molecule has 2 atom stereocenters. The van der Waals surface area contributed by atoms with Crippen molar-refractivity contribution in [2.75, 3.05) is 23.9 Å². The minimum Gasteiger partial charge on any atom is -0.464 e. The van der Waals surface area contributed by atoms with Crippen molar-refractivity contribution < 1.29 is 19.4 Å². The molecule has 2 aromatic carbocycles. The summed E-state index contributed by atoms with van der Waals surface area (Å²) in [5.74, 6) is -1.26. The van der Waals surface area contributed by atoms with Gasteiger partial charge in [0.25, 0.3) is 5.91 Å². The first-order chi connectivity index (χ1) is 12.0. The number of nitrogens with zero attached hydrogens (tertiary/aromatic N) is 1. The minimum atomic E-state index is -2.05. The van der Waals surface area contributed by atoms with Crippen molar-refractivity contribution in [1.29, 1.82) is 0 Å². The van der Waals surface area contributed by atoms with Crippen LogP contribution in [-0.2, 0) is 19.9 Å². The van der Waals surface area contributed by atoms with Gasteiger partial charge < -0.3 is 20.1 Å². The fourth-order valence-electron chi connectivity index (χ4n) is 3.11. The van der Waals surface area contributed by atoms with Crippen LogP contribution in [0.3, 0.4) is 0 Å². The first-order valence-corrected chi connectivity index (χ1v) is 8.08. The first kappa shape index (κ1) is 17.0. The molecule has 2 unspecified atom stereocenters. The van der Waals surface area contributed by atoms with Gasteiger partial charge in [-0.1, -0.05) is 36.4 Å². The Morgan fingerprint density at radius 2 is 1.84 bits per heavy atom. The average Bonchev–Trinajstić information content (AvgIpc) is 2.83. The predicted octanol–water partition coefficient (Wildman–Crippen LogP) is 1.89. The molecule has 0 aromatic heterocycles. The lowest BCUT2D eigenvalue weighted by atomic mass is 9.87. The highest BCUT2D eigenvalue weighted by Gasteiger charge is 2.57. The lowest BCUT2D eigenvalue weighted by Crippen LogP contribution is -2.55. The van der Waals surface area contributed by atoms with Crippen molar-refractivity contribution >= 4 is 23.3 Å². The molecule has 0 spiro atoms. The number of nitrogens with one attached hydrogen (secondary N) is 1. The molecule has 0 bridgehead atoms. The van der Waals surface area contributed by atoms with E-state index in [4.69, 9.17) is 4.74 Å². The molecule has 3 rings (SSSR count). The van der Waals surface area contributed by atoms with E-state index in [0.717, 1.165) is 0 Å². The molecule has 6 heteroatoms. The fraction of sp³-hybridized carbons (Fsp3) is 0.263. The number of esters is 1. The molecule has 6 nitrogen and oxygen atoms in total. The molecular formula is C19H20N2O4. The second-order valence-electron chi connectivity index (χ2n) is 5.84. The van der Waals surface area contributed by atoms with Crippen molar-refractivity contribution in [3.63, 3.8) is 0 Å². The molecule has 1 heterocycles. The summed E-state index contributed by atoms with van der Waals surface area (Å²) in [6, 6.07) is 14.5. The Morgan fingerprint density at radius 1 is 1.20 bits per heavy atom. The van der Waals surface area contributed by atoms with Crippen LogP contribution in [0.2, 0.25) is 0 Å². The van der Waals surface area contributed by atoms with E-state index in [-0.39, 0.29) is 6.61 Å². The van der Waals surface area contributed by atoms with Crippen LogP contribution in [-0.4, -0.2) is 36.7 Å². The van der Waals surface area contributed by atoms with E-state index < -0.39 is 23.5 Å². The number of carbonyl (C=O) groups excluding carboxylic acids is 2. The van der Waals surface area contributed by atoms with Crippen LogP contribution in [0.4, 0.5) is 11.4 Å². The van der Waals surface area contributed by atoms with Crippen LogP contribution in [0.1, 0.15) is 12.5 Å². The van der Waals surface area contributed by atoms with Crippen molar-refractivity contribution in [2.45, 2.75) is 18.6 Å². The molecule has 2 N–H and O–H groups in total. The average molecular weight is 340 g/mol. The largest absolute Gasteiger partial charge is 0.464 e. The number of ether oxygens (including phenoxy) is 1. The van der Waals surface area contributed by atoms with Crippen molar-refractivity contribution in [3.05, 3.63) is 60.2 Å². The van der Waals surface area contributed by atoms with E-state index in [9.17, 15) is 14.7 Å². The van der Waals surface area contributed by atoms with Gasteiger partial charge in [0.2, 0.25) is 5.60 Å². The smallest absolute Gasteiger partial charge is 0.332 e. The second kappa shape index (κ2) is 6.57. The maximum Gasteiger partial charge on any atom is 0.332 e. The Labute approximate surface area is 146 Å². The predicted molar refractivity (Wildman–Crippen MR) is 94.2 cm³/mol. The third kappa shape index (κ3) is 2.74. The van der Waals surface area contributed by atoms with Gasteiger partial charge in [0.1, 0.15) is 0 Å². The van der Waals surface area contributed by atoms with Gasteiger partial charge in [-0.25, -0.2) is 4.79 Å². The van der Waals surface area contributed by atoms with Crippen LogP contribution < -0.4 is 10.2 Å². The van der Waals surface area contributed by atoms with E-state index >= 15 is 0 Å². The molecule has 0 aliphatic carbocycles. The Morgan fingerprint density at radius 3 is 2.52 bits per heavy atom. The molecule has 0 fully saturated rings. The molecule has 130 valence electrons. The lowest BCUT2D eigenvalue weighted by molar-refractivity contribution is -0.156. The van der Waals surface area contributed by atoms with Crippen molar-refractivity contribution in [1.82, 2.24) is 0 Å². The van der Waals surface area contributed by atoms with Crippen LogP contribution in [0.25, 0.3) is 0 Å². The lowest BCUT2D eigenvalue weighted by Gasteiger charge is -2.31. The molecule has 0 saturated heterocycles. The number of para-hydroxylation sites is 2. The van der Waals surface area contributed by atoms with Gasteiger partial charge in [-0.15, -0.1) is 0 Å². The number of hydrogen-bond acceptors (Lipinski definition) is 5. The Hall–Kier alpha value is -2.86. The van der Waals surface area contributed by atoms with Gasteiger partial charge in [0.15, 0.2) is 6.04 Å². The molecule has 25 heavy (non-hydrogen) atoms. The number of benzene rings is 2. The fourth-order valence-corrected chi connectivity index (χ4v) is 3.11. The van der Waals surface area contributed by atoms with E-state index in [0.29, 0.717) is 16.9 Å². The summed E-state index contributed by atoms with van der Waals surface area (Å²) < 4.78 is 5.12. The molecule has 1 amide bonds. The SMILES string of the molecule is CCOC(=O)C(Nc1ccccc1)C1(O)C(=O)N(C)c2ccccc21. The standard InChI is InChI=1S/C19H20N2O4/c1-3-25-17(22)16(20-13-9-5-4-6-10-13)19(24)14-11-7-8-12-15(14)21(2)18(19)23/h4-12,16,20,24H,3H2,1-2H3. The second-order valence-corrected chi connectivity index (χ2v) is 5.84. The minimum absolute atomic E-state index is 0.146. The van der Waals surface area contributed by atoms with Gasteiger partial charge in [-0.3, -0.25) is 4.79 Å². The number of rotatable bonds is 5. The highest BCUT2D eigenvalue weighted by atomic mass is 16.5. The van der Waals surface area contributed by atoms with Gasteiger partial charge >= 0.3 is 5.97 Å². The number of aliphatic hydroxyl groups is 1. The summed E-state index contributed by atoms with van der Waals surface area (Å²) in [5, 5.41) is 14.3. The monoisotopic (exact) mass is 340 g/mol. The number of likely N-dealkylation sites (N-methyl/N-ethyl adjacent to an activating group) is 1. The normalized spacial score (nSPS) is 20.1. The van der Waals surface area contributed by atoms with Crippen LogP contribution in [0, 0.1) is 0 Å². The number of hydrogen-bond donors (Lipinski definition) is 2. The number of fused-ring (bicyclic) bond motifs is 1. The highest BCUT2D eigenvalue weighted by molar-refractivity contribution is 6.10. The molecule has 0 radical (unpaired) electrons. The molecule has 0 saturated carbocycles. The highest BCUT2D eigenvalue weighted by Crippen LogP contribution is 2.42. The summed E-state index contributed by atoms with van der Waals surface area (Å²) in [6.07, 6.45) is 0. The first-order valence-electron chi connectivity index (χ1n) is 8.08. The topological polar surface area (TPSA) is 78.9 Å². The van der Waals surface area contributed by atoms with Crippen LogP contribution in [0.15, 0.2) is 54.6 Å². The van der Waals surface area contributed by atoms with E-state index in [1.54, 1.807) is 62.5 Å². The van der Waals surface area contributed by atoms with E-state index in [1.165, 1.54) is 4.90 Å². The van der Waals surface area contributed by atoms with Gasteiger partial charge in [0, 0.05) is 18.3 Å². The zero-order valence-corrected chi connectivity index (χ0v) is 14.1. The zero-order valence-electron chi connectivity index (χ0n) is 14.1. The van der Waals surface area contributed by atoms with Gasteiger partial charge in [-0.05, 0) is 25.1 Å². The van der Waals surface area contributed by atoms with E-state index in [2.05, 4.69) is 5.32 Å². The third-order valence-corrected chi connectivity index (χ3v) is 4.33. The third-order valence-electron chi connectivity index (χ3n) is 4.33. The number of anilines is 2. The zero-order chi connectivity index (χ0) is 18.0. The summed E-state index contributed by atoms with van der Waals surface area (Å²) in [5.41, 5.74) is -0.495.